The molecule has 154 valence electrons. The first-order valence-electron chi connectivity index (χ1n) is 9.98. The van der Waals surface area contributed by atoms with Gasteiger partial charge >= 0.3 is 0 Å². The lowest BCUT2D eigenvalue weighted by molar-refractivity contribution is 0.613. The Labute approximate surface area is 174 Å². The molecule has 0 aliphatic carbocycles. The van der Waals surface area contributed by atoms with Crippen LogP contribution in [-0.4, -0.2) is 31.0 Å². The third kappa shape index (κ3) is 4.07. The summed E-state index contributed by atoms with van der Waals surface area (Å²) in [5.41, 5.74) is 3.98. The lowest BCUT2D eigenvalue weighted by atomic mass is 10.1. The van der Waals surface area contributed by atoms with Crippen molar-refractivity contribution in [3.8, 4) is 11.3 Å². The molecule has 0 aliphatic heterocycles. The second-order valence-electron chi connectivity index (χ2n) is 7.26. The second-order valence-corrected chi connectivity index (χ2v) is 7.26. The van der Waals surface area contributed by atoms with Crippen molar-refractivity contribution in [2.75, 3.05) is 17.2 Å². The van der Waals surface area contributed by atoms with Gasteiger partial charge in [0.1, 0.15) is 5.82 Å². The molecule has 0 saturated carbocycles. The number of pyridine rings is 1. The molecule has 4 aromatic rings. The molecule has 7 nitrogen and oxygen atoms in total. The van der Waals surface area contributed by atoms with Gasteiger partial charge < -0.3 is 15.2 Å². The highest BCUT2D eigenvalue weighted by Crippen LogP contribution is 2.24. The van der Waals surface area contributed by atoms with Crippen LogP contribution in [0.2, 0.25) is 0 Å². The number of fused-ring (bicyclic) bond motifs is 1. The Morgan fingerprint density at radius 3 is 2.63 bits per heavy atom. The quantitative estimate of drug-likeness (QED) is 0.466. The number of halogens is 1. The number of nitrogens with zero attached hydrogens (tertiary/aromatic N) is 5. The first-order valence-corrected chi connectivity index (χ1v) is 9.98. The van der Waals surface area contributed by atoms with Gasteiger partial charge in [0.2, 0.25) is 5.95 Å². The van der Waals surface area contributed by atoms with Crippen molar-refractivity contribution < 1.29 is 4.39 Å². The summed E-state index contributed by atoms with van der Waals surface area (Å²) in [6.07, 6.45) is 3.57. The summed E-state index contributed by atoms with van der Waals surface area (Å²) in [5, 5.41) is 6.53. The smallest absolute Gasteiger partial charge is 0.226 e. The number of hydrogen-bond donors (Lipinski definition) is 2. The van der Waals surface area contributed by atoms with Gasteiger partial charge in [-0.25, -0.2) is 9.37 Å². The van der Waals surface area contributed by atoms with Crippen LogP contribution in [0.4, 0.5) is 16.2 Å². The van der Waals surface area contributed by atoms with Gasteiger partial charge in [-0.15, -0.1) is 0 Å². The first kappa shape index (κ1) is 19.8. The SMILES string of the molecule is CCNc1nc(NCc2ccc(-c3cccc(F)c3)nc2)c2ncn(C(C)C)c2n1. The van der Waals surface area contributed by atoms with Crippen molar-refractivity contribution in [1.29, 1.82) is 0 Å². The van der Waals surface area contributed by atoms with Gasteiger partial charge in [-0.3, -0.25) is 4.98 Å². The average molecular weight is 405 g/mol. The molecule has 0 radical (unpaired) electrons. The predicted octanol–water partition coefficient (Wildman–Crippen LogP) is 4.65. The van der Waals surface area contributed by atoms with Gasteiger partial charge in [0.25, 0.3) is 0 Å². The van der Waals surface area contributed by atoms with Crippen LogP contribution in [0.1, 0.15) is 32.4 Å². The van der Waals surface area contributed by atoms with Crippen molar-refractivity contribution in [2.24, 2.45) is 0 Å². The summed E-state index contributed by atoms with van der Waals surface area (Å²) in [7, 11) is 0. The van der Waals surface area contributed by atoms with Gasteiger partial charge in [0.15, 0.2) is 17.0 Å². The summed E-state index contributed by atoms with van der Waals surface area (Å²) in [6, 6.07) is 10.5. The molecule has 0 spiro atoms. The molecule has 3 heterocycles. The summed E-state index contributed by atoms with van der Waals surface area (Å²) in [6.45, 7) is 7.45. The molecule has 2 N–H and O–H groups in total. The Balaban J connectivity index is 1.57. The Bertz CT molecular complexity index is 1150. The summed E-state index contributed by atoms with van der Waals surface area (Å²) < 4.78 is 15.5. The number of aromatic nitrogens is 5. The molecule has 4 rings (SSSR count). The number of imidazole rings is 1. The molecule has 0 unspecified atom stereocenters. The highest BCUT2D eigenvalue weighted by Gasteiger charge is 2.14. The number of anilines is 2. The van der Waals surface area contributed by atoms with E-state index in [2.05, 4.69) is 44.4 Å². The number of rotatable bonds is 7. The van der Waals surface area contributed by atoms with Gasteiger partial charge in [0, 0.05) is 30.9 Å². The van der Waals surface area contributed by atoms with Crippen LogP contribution >= 0.6 is 0 Å². The van der Waals surface area contributed by atoms with E-state index in [1.807, 2.05) is 29.7 Å². The van der Waals surface area contributed by atoms with E-state index in [1.165, 1.54) is 12.1 Å². The van der Waals surface area contributed by atoms with E-state index in [-0.39, 0.29) is 11.9 Å². The third-order valence-corrected chi connectivity index (χ3v) is 4.72. The average Bonchev–Trinajstić information content (AvgIpc) is 3.17. The fraction of sp³-hybridized carbons (Fsp3) is 0.273. The van der Waals surface area contributed by atoms with Crippen LogP contribution in [0.15, 0.2) is 48.9 Å². The van der Waals surface area contributed by atoms with Gasteiger partial charge in [-0.05, 0) is 44.5 Å². The van der Waals surface area contributed by atoms with Crippen LogP contribution in [0.3, 0.4) is 0 Å². The maximum absolute atomic E-state index is 13.4. The molecule has 0 bridgehead atoms. The van der Waals surface area contributed by atoms with Crippen molar-refractivity contribution in [3.05, 3.63) is 60.3 Å². The van der Waals surface area contributed by atoms with E-state index in [4.69, 9.17) is 0 Å². The monoisotopic (exact) mass is 405 g/mol. The maximum Gasteiger partial charge on any atom is 0.226 e. The lowest BCUT2D eigenvalue weighted by Crippen LogP contribution is -2.09. The minimum absolute atomic E-state index is 0.242. The Morgan fingerprint density at radius 1 is 1.07 bits per heavy atom. The molecule has 8 heteroatoms. The number of hydrogen-bond acceptors (Lipinski definition) is 6. The molecule has 30 heavy (non-hydrogen) atoms. The Kier molecular flexibility index (Phi) is 5.56. The summed E-state index contributed by atoms with van der Waals surface area (Å²) in [4.78, 5) is 18.2. The maximum atomic E-state index is 13.4. The zero-order valence-corrected chi connectivity index (χ0v) is 17.2. The fourth-order valence-corrected chi connectivity index (χ4v) is 3.19. The number of nitrogens with one attached hydrogen (secondary N) is 2. The van der Waals surface area contributed by atoms with Crippen molar-refractivity contribution in [1.82, 2.24) is 24.5 Å². The van der Waals surface area contributed by atoms with Crippen LogP contribution in [-0.2, 0) is 6.54 Å². The molecular formula is C22H24FN7. The first-order chi connectivity index (χ1) is 14.5. The number of benzene rings is 1. The summed E-state index contributed by atoms with van der Waals surface area (Å²) >= 11 is 0. The van der Waals surface area contributed by atoms with Crippen molar-refractivity contribution >= 4 is 22.9 Å². The van der Waals surface area contributed by atoms with Gasteiger partial charge in [0.05, 0.1) is 12.0 Å². The largest absolute Gasteiger partial charge is 0.364 e. The molecule has 0 aliphatic rings. The minimum atomic E-state index is -0.273. The zero-order chi connectivity index (χ0) is 21.1. The van der Waals surface area contributed by atoms with E-state index in [1.54, 1.807) is 18.6 Å². The molecule has 0 saturated heterocycles. The van der Waals surface area contributed by atoms with E-state index in [0.717, 1.165) is 34.5 Å². The third-order valence-electron chi connectivity index (χ3n) is 4.72. The molecule has 0 fully saturated rings. The second kappa shape index (κ2) is 8.44. The van der Waals surface area contributed by atoms with E-state index in [0.29, 0.717) is 18.3 Å². The van der Waals surface area contributed by atoms with Crippen LogP contribution in [0.25, 0.3) is 22.4 Å². The van der Waals surface area contributed by atoms with E-state index < -0.39 is 0 Å². The van der Waals surface area contributed by atoms with E-state index >= 15 is 0 Å². The van der Waals surface area contributed by atoms with Crippen molar-refractivity contribution in [2.45, 2.75) is 33.4 Å². The fourth-order valence-electron chi connectivity index (χ4n) is 3.19. The Hall–Kier alpha value is -3.55. The highest BCUT2D eigenvalue weighted by atomic mass is 19.1. The Morgan fingerprint density at radius 2 is 1.93 bits per heavy atom. The highest BCUT2D eigenvalue weighted by molar-refractivity contribution is 5.84. The topological polar surface area (TPSA) is 80.5 Å². The standard InChI is InChI=1S/C22H24FN7/c1-4-24-22-28-20(19-21(29-22)30(13-27-19)14(2)3)26-12-15-8-9-18(25-11-15)16-6-5-7-17(23)10-16/h5-11,13-14H,4,12H2,1-3H3,(H2,24,26,28,29). The van der Waals surface area contributed by atoms with Crippen LogP contribution in [0.5, 0.6) is 0 Å². The normalized spacial score (nSPS) is 11.2. The zero-order valence-electron chi connectivity index (χ0n) is 17.2. The molecule has 0 atom stereocenters. The molecule has 1 aromatic carbocycles. The van der Waals surface area contributed by atoms with Gasteiger partial charge in [-0.2, -0.15) is 9.97 Å². The minimum Gasteiger partial charge on any atom is -0.364 e. The lowest BCUT2D eigenvalue weighted by Gasteiger charge is -2.11. The van der Waals surface area contributed by atoms with Crippen LogP contribution in [0, 0.1) is 5.82 Å². The molecular weight excluding hydrogens is 381 g/mol. The van der Waals surface area contributed by atoms with Gasteiger partial charge in [-0.1, -0.05) is 18.2 Å². The van der Waals surface area contributed by atoms with E-state index in [9.17, 15) is 4.39 Å². The van der Waals surface area contributed by atoms with Crippen molar-refractivity contribution in [3.63, 3.8) is 0 Å². The predicted molar refractivity (Wildman–Crippen MR) is 117 cm³/mol. The summed E-state index contributed by atoms with van der Waals surface area (Å²) in [5.74, 6) is 0.962. The molecule has 0 amide bonds. The van der Waals surface area contributed by atoms with Crippen LogP contribution < -0.4 is 10.6 Å². The molecule has 3 aromatic heterocycles.